The minimum Gasteiger partial charge on any atom is -0.325 e. The van der Waals surface area contributed by atoms with Gasteiger partial charge in [-0.05, 0) is 36.6 Å². The average Bonchev–Trinajstić information content (AvgIpc) is 2.81. The predicted octanol–water partition coefficient (Wildman–Crippen LogP) is 3.16. The molecule has 2 aromatic carbocycles. The van der Waals surface area contributed by atoms with Gasteiger partial charge in [0.15, 0.2) is 0 Å². The first kappa shape index (κ1) is 12.9. The van der Waals surface area contributed by atoms with Crippen LogP contribution in [-0.4, -0.2) is 9.78 Å². The fourth-order valence-corrected chi connectivity index (χ4v) is 2.72. The Morgan fingerprint density at radius 3 is 2.40 bits per heavy atom. The second kappa shape index (κ2) is 5.10. The molecule has 102 valence electrons. The molecule has 0 amide bonds. The SMILES string of the molecule is Cc1cccc(C)c1Cn1nc(CN)c2ccccc21. The predicted molar refractivity (Wildman–Crippen MR) is 82.6 cm³/mol. The van der Waals surface area contributed by atoms with Crippen molar-refractivity contribution in [1.82, 2.24) is 9.78 Å². The van der Waals surface area contributed by atoms with Crippen LogP contribution >= 0.6 is 0 Å². The highest BCUT2D eigenvalue weighted by Crippen LogP contribution is 2.21. The Morgan fingerprint density at radius 1 is 1.00 bits per heavy atom. The highest BCUT2D eigenvalue weighted by molar-refractivity contribution is 5.82. The van der Waals surface area contributed by atoms with Gasteiger partial charge in [0.2, 0.25) is 0 Å². The molecule has 0 bridgehead atoms. The summed E-state index contributed by atoms with van der Waals surface area (Å²) in [5, 5.41) is 5.83. The highest BCUT2D eigenvalue weighted by Gasteiger charge is 2.10. The molecule has 20 heavy (non-hydrogen) atoms. The number of hydrogen-bond acceptors (Lipinski definition) is 2. The Labute approximate surface area is 119 Å². The van der Waals surface area contributed by atoms with Gasteiger partial charge in [0.25, 0.3) is 0 Å². The monoisotopic (exact) mass is 265 g/mol. The van der Waals surface area contributed by atoms with Crippen LogP contribution in [0.3, 0.4) is 0 Å². The number of aryl methyl sites for hydroxylation is 2. The lowest BCUT2D eigenvalue weighted by atomic mass is 10.0. The van der Waals surface area contributed by atoms with Crippen LogP contribution in [0.4, 0.5) is 0 Å². The van der Waals surface area contributed by atoms with Gasteiger partial charge in [0, 0.05) is 11.9 Å². The maximum atomic E-state index is 5.81. The molecule has 1 heterocycles. The van der Waals surface area contributed by atoms with E-state index in [1.54, 1.807) is 0 Å². The first-order valence-corrected chi connectivity index (χ1v) is 6.90. The van der Waals surface area contributed by atoms with Crippen molar-refractivity contribution in [3.63, 3.8) is 0 Å². The normalized spacial score (nSPS) is 11.2. The summed E-state index contributed by atoms with van der Waals surface area (Å²) < 4.78 is 2.06. The van der Waals surface area contributed by atoms with Crippen LogP contribution in [0.5, 0.6) is 0 Å². The van der Waals surface area contributed by atoms with Crippen molar-refractivity contribution in [1.29, 1.82) is 0 Å². The molecule has 0 aliphatic heterocycles. The van der Waals surface area contributed by atoms with Crippen LogP contribution in [0.25, 0.3) is 10.9 Å². The van der Waals surface area contributed by atoms with Gasteiger partial charge in [-0.1, -0.05) is 36.4 Å². The van der Waals surface area contributed by atoms with Crippen molar-refractivity contribution in [2.24, 2.45) is 5.73 Å². The molecule has 0 atom stereocenters. The molecule has 0 aliphatic rings. The summed E-state index contributed by atoms with van der Waals surface area (Å²) in [6, 6.07) is 14.7. The van der Waals surface area contributed by atoms with Gasteiger partial charge >= 0.3 is 0 Å². The Morgan fingerprint density at radius 2 is 1.70 bits per heavy atom. The molecule has 0 unspecified atom stereocenters. The van der Waals surface area contributed by atoms with Gasteiger partial charge in [0.1, 0.15) is 0 Å². The fraction of sp³-hybridized carbons (Fsp3) is 0.235. The molecule has 1 aromatic heterocycles. The molecular weight excluding hydrogens is 246 g/mol. The van der Waals surface area contributed by atoms with Crippen molar-refractivity contribution in [3.05, 3.63) is 64.8 Å². The molecule has 0 spiro atoms. The quantitative estimate of drug-likeness (QED) is 0.790. The Hall–Kier alpha value is -2.13. The number of aromatic nitrogens is 2. The molecule has 0 aliphatic carbocycles. The van der Waals surface area contributed by atoms with Gasteiger partial charge in [-0.15, -0.1) is 0 Å². The zero-order valence-corrected chi connectivity index (χ0v) is 11.9. The maximum absolute atomic E-state index is 5.81. The fourth-order valence-electron chi connectivity index (χ4n) is 2.72. The van der Waals surface area contributed by atoms with Crippen LogP contribution in [0, 0.1) is 13.8 Å². The number of benzene rings is 2. The molecule has 2 N–H and O–H groups in total. The lowest BCUT2D eigenvalue weighted by molar-refractivity contribution is 0.688. The number of hydrogen-bond donors (Lipinski definition) is 1. The van der Waals surface area contributed by atoms with Crippen molar-refractivity contribution < 1.29 is 0 Å². The molecule has 3 aromatic rings. The summed E-state index contributed by atoms with van der Waals surface area (Å²) in [5.41, 5.74) is 11.9. The molecule has 0 radical (unpaired) electrons. The average molecular weight is 265 g/mol. The van der Waals surface area contributed by atoms with Crippen molar-refractivity contribution in [3.8, 4) is 0 Å². The summed E-state index contributed by atoms with van der Waals surface area (Å²) in [4.78, 5) is 0. The second-order valence-corrected chi connectivity index (χ2v) is 5.20. The van der Waals surface area contributed by atoms with E-state index in [1.165, 1.54) is 16.7 Å². The number of nitrogens with zero attached hydrogens (tertiary/aromatic N) is 2. The zero-order chi connectivity index (χ0) is 14.1. The third-order valence-corrected chi connectivity index (χ3v) is 3.88. The number of para-hydroxylation sites is 1. The molecular formula is C17H19N3. The minimum absolute atomic E-state index is 0.472. The summed E-state index contributed by atoms with van der Waals surface area (Å²) in [7, 11) is 0. The van der Waals surface area contributed by atoms with Gasteiger partial charge in [-0.25, -0.2) is 0 Å². The van der Waals surface area contributed by atoms with Gasteiger partial charge in [-0.2, -0.15) is 5.10 Å². The topological polar surface area (TPSA) is 43.8 Å². The van der Waals surface area contributed by atoms with E-state index in [4.69, 9.17) is 5.73 Å². The van der Waals surface area contributed by atoms with Crippen molar-refractivity contribution in [2.75, 3.05) is 0 Å². The lowest BCUT2D eigenvalue weighted by Crippen LogP contribution is -2.06. The summed E-state index contributed by atoms with van der Waals surface area (Å²) in [5.74, 6) is 0. The molecule has 0 saturated carbocycles. The first-order chi connectivity index (χ1) is 9.70. The maximum Gasteiger partial charge on any atom is 0.0839 e. The van der Waals surface area contributed by atoms with E-state index < -0.39 is 0 Å². The van der Waals surface area contributed by atoms with Crippen molar-refractivity contribution in [2.45, 2.75) is 26.9 Å². The van der Waals surface area contributed by atoms with Gasteiger partial charge in [-0.3, -0.25) is 4.68 Å². The van der Waals surface area contributed by atoms with Crippen LogP contribution in [-0.2, 0) is 13.1 Å². The Balaban J connectivity index is 2.12. The molecule has 3 rings (SSSR count). The number of fused-ring (bicyclic) bond motifs is 1. The summed E-state index contributed by atoms with van der Waals surface area (Å²) in [6.45, 7) is 5.56. The van der Waals surface area contributed by atoms with E-state index in [-0.39, 0.29) is 0 Å². The van der Waals surface area contributed by atoms with E-state index in [1.807, 2.05) is 12.1 Å². The van der Waals surface area contributed by atoms with E-state index in [2.05, 4.69) is 54.0 Å². The second-order valence-electron chi connectivity index (χ2n) is 5.20. The van der Waals surface area contributed by atoms with E-state index in [0.717, 1.165) is 23.1 Å². The Kier molecular flexibility index (Phi) is 3.28. The van der Waals surface area contributed by atoms with E-state index in [9.17, 15) is 0 Å². The van der Waals surface area contributed by atoms with Gasteiger partial charge in [0.05, 0.1) is 17.8 Å². The third kappa shape index (κ3) is 2.10. The Bertz CT molecular complexity index is 736. The summed E-state index contributed by atoms with van der Waals surface area (Å²) >= 11 is 0. The standard InChI is InChI=1S/C17H19N3/c1-12-6-5-7-13(2)15(12)11-20-17-9-4-3-8-14(17)16(10-18)19-20/h3-9H,10-11,18H2,1-2H3. The minimum atomic E-state index is 0.472. The van der Waals surface area contributed by atoms with Crippen LogP contribution < -0.4 is 5.73 Å². The number of rotatable bonds is 3. The lowest BCUT2D eigenvalue weighted by Gasteiger charge is -2.10. The number of nitrogens with two attached hydrogens (primary N) is 1. The van der Waals surface area contributed by atoms with E-state index >= 15 is 0 Å². The van der Waals surface area contributed by atoms with Gasteiger partial charge < -0.3 is 5.73 Å². The van der Waals surface area contributed by atoms with Crippen LogP contribution in [0.15, 0.2) is 42.5 Å². The van der Waals surface area contributed by atoms with Crippen LogP contribution in [0.1, 0.15) is 22.4 Å². The highest BCUT2D eigenvalue weighted by atomic mass is 15.3. The first-order valence-electron chi connectivity index (χ1n) is 6.90. The smallest absolute Gasteiger partial charge is 0.0839 e. The molecule has 3 nitrogen and oxygen atoms in total. The summed E-state index contributed by atoms with van der Waals surface area (Å²) in [6.07, 6.45) is 0. The van der Waals surface area contributed by atoms with Crippen molar-refractivity contribution >= 4 is 10.9 Å². The largest absolute Gasteiger partial charge is 0.325 e. The van der Waals surface area contributed by atoms with E-state index in [0.29, 0.717) is 6.54 Å². The zero-order valence-electron chi connectivity index (χ0n) is 11.9. The van der Waals surface area contributed by atoms with Crippen LogP contribution in [0.2, 0.25) is 0 Å². The molecule has 0 saturated heterocycles. The molecule has 0 fully saturated rings. The third-order valence-electron chi connectivity index (χ3n) is 3.88. The molecule has 3 heteroatoms.